The fourth-order valence-corrected chi connectivity index (χ4v) is 11.0. The lowest BCUT2D eigenvalue weighted by Gasteiger charge is -2.30. The highest BCUT2D eigenvalue weighted by molar-refractivity contribution is 6.25. The number of hydrogen-bond donors (Lipinski definition) is 0. The van der Waals surface area contributed by atoms with Crippen LogP contribution >= 0.6 is 0 Å². The minimum atomic E-state index is -0.338. The van der Waals surface area contributed by atoms with E-state index in [4.69, 9.17) is 0 Å². The largest absolute Gasteiger partial charge is 0.310 e. The van der Waals surface area contributed by atoms with Crippen molar-refractivity contribution in [2.24, 2.45) is 0 Å². The maximum atomic E-state index is 2.43. The van der Waals surface area contributed by atoms with Crippen molar-refractivity contribution >= 4 is 49.4 Å². The van der Waals surface area contributed by atoms with Crippen molar-refractivity contribution in [1.82, 2.24) is 0 Å². The van der Waals surface area contributed by atoms with Crippen LogP contribution in [0.2, 0.25) is 0 Å². The fraction of sp³-hybridized carbons (Fsp3) is 0.0164. The summed E-state index contributed by atoms with van der Waals surface area (Å²) in [5.41, 5.74) is 18.6. The van der Waals surface area contributed by atoms with E-state index in [9.17, 15) is 0 Å². The molecule has 0 saturated heterocycles. The van der Waals surface area contributed by atoms with Gasteiger partial charge >= 0.3 is 0 Å². The molecule has 0 bridgehead atoms. The van der Waals surface area contributed by atoms with Gasteiger partial charge in [0.15, 0.2) is 0 Å². The third kappa shape index (κ3) is 4.97. The molecule has 0 N–H and O–H groups in total. The normalized spacial score (nSPS) is 13.0. The van der Waals surface area contributed by atoms with Crippen molar-refractivity contribution in [2.45, 2.75) is 5.41 Å². The minimum absolute atomic E-state index is 0.338. The predicted molar refractivity (Wildman–Crippen MR) is 261 cm³/mol. The molecule has 2 aliphatic carbocycles. The summed E-state index contributed by atoms with van der Waals surface area (Å²) in [7, 11) is 0. The molecule has 0 atom stereocenters. The van der Waals surface area contributed by atoms with Gasteiger partial charge in [-0.3, -0.25) is 0 Å². The summed E-state index contributed by atoms with van der Waals surface area (Å²) in [5, 5.41) is 7.63. The van der Waals surface area contributed by atoms with Gasteiger partial charge in [-0.15, -0.1) is 0 Å². The molecule has 0 aromatic heterocycles. The molecule has 0 aliphatic heterocycles. The third-order valence-electron chi connectivity index (χ3n) is 13.7. The van der Waals surface area contributed by atoms with Crippen LogP contribution in [-0.4, -0.2) is 0 Å². The van der Waals surface area contributed by atoms with Crippen LogP contribution in [0.1, 0.15) is 22.3 Å². The van der Waals surface area contributed by atoms with Crippen molar-refractivity contribution in [3.63, 3.8) is 0 Å². The average molecular weight is 786 g/mol. The summed E-state index contributed by atoms with van der Waals surface area (Å²) in [6.07, 6.45) is 0. The smallest absolute Gasteiger partial charge is 0.0725 e. The lowest BCUT2D eigenvalue weighted by Crippen LogP contribution is -2.25. The standard InChI is InChI=1S/C61H39N/c1-2-14-40(15-3-1)41-26-31-44(32-27-41)62(46-35-36-51-49-18-5-4-16-47(49)48-17-6-7-19-50(48)55(51)39-46)45-33-28-42(29-34-45)43-30-37-60-56(38-43)54-22-10-13-25-59(54)61(60)57-23-11-8-20-52(57)53-21-9-12-24-58(53)61/h1-39H. The average Bonchev–Trinajstić information content (AvgIpc) is 3.82. The molecule has 1 nitrogen and oxygen atoms in total. The van der Waals surface area contributed by atoms with E-state index in [2.05, 4.69) is 241 Å². The Morgan fingerprint density at radius 3 is 1.15 bits per heavy atom. The molecular formula is C61H39N. The molecule has 11 aromatic rings. The molecule has 2 aliphatic rings. The monoisotopic (exact) mass is 785 g/mol. The number of nitrogens with zero attached hydrogens (tertiary/aromatic N) is 1. The molecule has 0 fully saturated rings. The first-order valence-corrected chi connectivity index (χ1v) is 21.6. The van der Waals surface area contributed by atoms with E-state index in [1.807, 2.05) is 0 Å². The molecule has 0 amide bonds. The van der Waals surface area contributed by atoms with Crippen molar-refractivity contribution in [2.75, 3.05) is 4.90 Å². The molecule has 0 saturated carbocycles. The highest BCUT2D eigenvalue weighted by Crippen LogP contribution is 2.63. The van der Waals surface area contributed by atoms with Crippen LogP contribution < -0.4 is 4.90 Å². The highest BCUT2D eigenvalue weighted by atomic mass is 15.1. The van der Waals surface area contributed by atoms with Gasteiger partial charge in [-0.2, -0.15) is 0 Å². The Kier molecular flexibility index (Phi) is 7.59. The number of hydrogen-bond acceptors (Lipinski definition) is 1. The first-order valence-electron chi connectivity index (χ1n) is 21.6. The molecule has 13 rings (SSSR count). The maximum absolute atomic E-state index is 2.43. The first kappa shape index (κ1) is 34.8. The number of benzene rings is 11. The summed E-state index contributed by atoms with van der Waals surface area (Å²) in [5.74, 6) is 0. The molecule has 0 heterocycles. The molecule has 288 valence electrons. The molecular weight excluding hydrogens is 747 g/mol. The van der Waals surface area contributed by atoms with Gasteiger partial charge in [0, 0.05) is 17.1 Å². The van der Waals surface area contributed by atoms with Crippen molar-refractivity contribution in [3.8, 4) is 44.5 Å². The number of rotatable bonds is 5. The summed E-state index contributed by atoms with van der Waals surface area (Å²) in [6.45, 7) is 0. The summed E-state index contributed by atoms with van der Waals surface area (Å²) in [4.78, 5) is 2.40. The van der Waals surface area contributed by atoms with E-state index in [0.717, 1.165) is 17.1 Å². The second-order valence-electron chi connectivity index (χ2n) is 16.8. The van der Waals surface area contributed by atoms with Crippen molar-refractivity contribution < 1.29 is 0 Å². The molecule has 62 heavy (non-hydrogen) atoms. The summed E-state index contributed by atoms with van der Waals surface area (Å²) in [6, 6.07) is 87.7. The number of anilines is 3. The summed E-state index contributed by atoms with van der Waals surface area (Å²) < 4.78 is 0. The van der Waals surface area contributed by atoms with Gasteiger partial charge in [0.2, 0.25) is 0 Å². The van der Waals surface area contributed by atoms with Crippen LogP contribution in [0.25, 0.3) is 76.8 Å². The number of fused-ring (bicyclic) bond motifs is 16. The van der Waals surface area contributed by atoms with E-state index >= 15 is 0 Å². The highest BCUT2D eigenvalue weighted by Gasteiger charge is 2.51. The Hall–Kier alpha value is -8.00. The van der Waals surface area contributed by atoms with E-state index in [1.54, 1.807) is 0 Å². The minimum Gasteiger partial charge on any atom is -0.310 e. The van der Waals surface area contributed by atoms with Crippen molar-refractivity contribution in [3.05, 3.63) is 259 Å². The lowest BCUT2D eigenvalue weighted by molar-refractivity contribution is 0.794. The predicted octanol–water partition coefficient (Wildman–Crippen LogP) is 16.3. The van der Waals surface area contributed by atoms with Crippen LogP contribution in [0.4, 0.5) is 17.1 Å². The van der Waals surface area contributed by atoms with Crippen LogP contribution in [-0.2, 0) is 5.41 Å². The fourth-order valence-electron chi connectivity index (χ4n) is 11.0. The Morgan fingerprint density at radius 2 is 0.597 bits per heavy atom. The zero-order valence-electron chi connectivity index (χ0n) is 34.0. The van der Waals surface area contributed by atoms with Gasteiger partial charge in [0.05, 0.1) is 5.41 Å². The Labute approximate surface area is 361 Å². The van der Waals surface area contributed by atoms with Crippen LogP contribution in [0, 0.1) is 0 Å². The van der Waals surface area contributed by atoms with Gasteiger partial charge in [-0.1, -0.05) is 194 Å². The third-order valence-corrected chi connectivity index (χ3v) is 13.7. The lowest BCUT2D eigenvalue weighted by atomic mass is 9.70. The SMILES string of the molecule is c1ccc(-c2ccc(N(c3ccc(-c4ccc5c(c4)-c4ccccc4C54c5ccccc5-c5ccccc54)cc3)c3ccc4c5ccccc5c5ccccc5c4c3)cc2)cc1. The van der Waals surface area contributed by atoms with Crippen LogP contribution in [0.15, 0.2) is 237 Å². The second kappa shape index (κ2) is 13.5. The zero-order chi connectivity index (χ0) is 40.8. The Bertz CT molecular complexity index is 3480. The van der Waals surface area contributed by atoms with Gasteiger partial charge < -0.3 is 4.90 Å². The van der Waals surface area contributed by atoms with Crippen LogP contribution in [0.3, 0.4) is 0 Å². The Morgan fingerprint density at radius 1 is 0.226 bits per heavy atom. The van der Waals surface area contributed by atoms with E-state index in [0.29, 0.717) is 0 Å². The topological polar surface area (TPSA) is 3.24 Å². The molecule has 1 spiro atoms. The molecule has 0 radical (unpaired) electrons. The second-order valence-corrected chi connectivity index (χ2v) is 16.8. The zero-order valence-corrected chi connectivity index (χ0v) is 34.0. The quantitative estimate of drug-likeness (QED) is 0.157. The van der Waals surface area contributed by atoms with Gasteiger partial charge in [0.1, 0.15) is 0 Å². The van der Waals surface area contributed by atoms with E-state index in [1.165, 1.54) is 99.1 Å². The van der Waals surface area contributed by atoms with E-state index in [-0.39, 0.29) is 5.41 Å². The molecule has 11 aromatic carbocycles. The molecule has 1 heteroatoms. The van der Waals surface area contributed by atoms with Gasteiger partial charge in [-0.05, 0) is 142 Å². The summed E-state index contributed by atoms with van der Waals surface area (Å²) >= 11 is 0. The Balaban J connectivity index is 0.946. The molecule has 0 unspecified atom stereocenters. The van der Waals surface area contributed by atoms with Crippen molar-refractivity contribution in [1.29, 1.82) is 0 Å². The van der Waals surface area contributed by atoms with Gasteiger partial charge in [0.25, 0.3) is 0 Å². The maximum Gasteiger partial charge on any atom is 0.0725 e. The van der Waals surface area contributed by atoms with Gasteiger partial charge in [-0.25, -0.2) is 0 Å². The van der Waals surface area contributed by atoms with E-state index < -0.39 is 0 Å². The first-order chi connectivity index (χ1) is 30.8. The van der Waals surface area contributed by atoms with Crippen LogP contribution in [0.5, 0.6) is 0 Å².